The molecule has 0 bridgehead atoms. The topological polar surface area (TPSA) is 152 Å². The van der Waals surface area contributed by atoms with E-state index in [1.54, 1.807) is 0 Å². The molecule has 3 rings (SSSR count). The monoisotopic (exact) mass is 341 g/mol. The summed E-state index contributed by atoms with van der Waals surface area (Å²) in [5, 5.41) is 22.2. The van der Waals surface area contributed by atoms with E-state index in [9.17, 15) is 15.0 Å². The van der Waals surface area contributed by atoms with Gasteiger partial charge in [-0.15, -0.1) is 0 Å². The normalized spacial score (nSPS) is 32.3. The van der Waals surface area contributed by atoms with Crippen molar-refractivity contribution in [3.63, 3.8) is 0 Å². The molecule has 2 aromatic heterocycles. The number of nitrogens with two attached hydrogens (primary N) is 2. The number of aromatic nitrogens is 3. The lowest BCUT2D eigenvalue weighted by molar-refractivity contribution is -0.0445. The van der Waals surface area contributed by atoms with E-state index in [1.807, 2.05) is 5.38 Å². The van der Waals surface area contributed by atoms with Crippen LogP contribution in [0.15, 0.2) is 17.1 Å². The first-order valence-electron chi connectivity index (χ1n) is 7.43. The van der Waals surface area contributed by atoms with Gasteiger partial charge in [0.25, 0.3) is 5.56 Å². The van der Waals surface area contributed by atoms with Gasteiger partial charge in [0.2, 0.25) is 5.95 Å². The van der Waals surface area contributed by atoms with E-state index < -0.39 is 36.1 Å². The van der Waals surface area contributed by atoms with Gasteiger partial charge < -0.3 is 31.0 Å². The minimum absolute atomic E-state index is 0.0869. The fraction of sp³-hybridized carbons (Fsp3) is 0.385. The molecule has 23 heavy (non-hydrogen) atoms. The Bertz CT molecular complexity index is 946. The van der Waals surface area contributed by atoms with Gasteiger partial charge in [0.05, 0.1) is 14.7 Å². The van der Waals surface area contributed by atoms with Crippen molar-refractivity contribution in [2.45, 2.75) is 24.0 Å². The van der Waals surface area contributed by atoms with Crippen molar-refractivity contribution in [2.75, 3.05) is 12.3 Å². The molecular weight excluding hydrogens is 326 g/mol. The molecule has 4 atom stereocenters. The highest BCUT2D eigenvalue weighted by molar-refractivity contribution is 6.30. The second kappa shape index (κ2) is 5.52. The Hall–Kier alpha value is -2.09. The lowest BCUT2D eigenvalue weighted by Gasteiger charge is -2.27. The first-order chi connectivity index (χ1) is 11.6. The SMILES string of the molecule is [2H]C([2H])(O)[C@H]1O[C@@H](n2ccc3c(=O)[nH]c(N)nc32)C(N)(C#CCl)[C@H]1O. The maximum absolute atomic E-state index is 11.9. The van der Waals surface area contributed by atoms with Crippen LogP contribution in [0.5, 0.6) is 0 Å². The Morgan fingerprint density at radius 1 is 1.70 bits per heavy atom. The average Bonchev–Trinajstić information content (AvgIpc) is 3.00. The summed E-state index contributed by atoms with van der Waals surface area (Å²) in [7, 11) is 0. The van der Waals surface area contributed by atoms with Crippen LogP contribution in [0, 0.1) is 11.3 Å². The summed E-state index contributed by atoms with van der Waals surface area (Å²) in [6.45, 7) is -2.90. The van der Waals surface area contributed by atoms with E-state index in [-0.39, 0.29) is 17.0 Å². The molecule has 1 aliphatic heterocycles. The summed E-state index contributed by atoms with van der Waals surface area (Å²) in [5.74, 6) is 2.22. The molecule has 0 saturated carbocycles. The zero-order valence-electron chi connectivity index (χ0n) is 13.5. The van der Waals surface area contributed by atoms with Crippen molar-refractivity contribution in [1.82, 2.24) is 14.5 Å². The van der Waals surface area contributed by atoms with Crippen molar-refractivity contribution < 1.29 is 17.7 Å². The zero-order valence-corrected chi connectivity index (χ0v) is 12.3. The number of aliphatic hydroxyl groups is 2. The second-order valence-corrected chi connectivity index (χ2v) is 5.24. The molecule has 0 aromatic carbocycles. The number of anilines is 1. The largest absolute Gasteiger partial charge is 0.394 e. The quantitative estimate of drug-likeness (QED) is 0.415. The predicted octanol–water partition coefficient (Wildman–Crippen LogP) is -1.55. The molecule has 1 fully saturated rings. The highest BCUT2D eigenvalue weighted by Crippen LogP contribution is 2.37. The lowest BCUT2D eigenvalue weighted by atomic mass is 9.92. The Kier molecular flexibility index (Phi) is 3.21. The molecule has 122 valence electrons. The van der Waals surface area contributed by atoms with Crippen LogP contribution >= 0.6 is 11.6 Å². The van der Waals surface area contributed by atoms with Gasteiger partial charge in [-0.25, -0.2) is 0 Å². The Morgan fingerprint density at radius 2 is 2.43 bits per heavy atom. The van der Waals surface area contributed by atoms with Gasteiger partial charge >= 0.3 is 0 Å². The van der Waals surface area contributed by atoms with E-state index in [4.69, 9.17) is 30.5 Å². The van der Waals surface area contributed by atoms with Gasteiger partial charge in [-0.1, -0.05) is 5.92 Å². The third-order valence-electron chi connectivity index (χ3n) is 3.70. The molecule has 1 unspecified atom stereocenters. The Balaban J connectivity index is 2.21. The number of nitrogens with zero attached hydrogens (tertiary/aromatic N) is 2. The van der Waals surface area contributed by atoms with E-state index in [0.29, 0.717) is 0 Å². The van der Waals surface area contributed by atoms with Gasteiger partial charge in [0.1, 0.15) is 12.2 Å². The maximum Gasteiger partial charge on any atom is 0.261 e. The summed E-state index contributed by atoms with van der Waals surface area (Å²) in [4.78, 5) is 18.3. The first kappa shape index (κ1) is 13.4. The average molecular weight is 342 g/mol. The molecule has 1 saturated heterocycles. The van der Waals surface area contributed by atoms with E-state index in [1.165, 1.54) is 16.8 Å². The van der Waals surface area contributed by atoms with E-state index >= 15 is 0 Å². The molecule has 0 amide bonds. The van der Waals surface area contributed by atoms with Crippen LogP contribution in [-0.4, -0.2) is 49.1 Å². The number of H-pyrrole nitrogens is 1. The van der Waals surface area contributed by atoms with E-state index in [0.717, 1.165) is 0 Å². The molecule has 2 aromatic rings. The third kappa shape index (κ3) is 2.28. The van der Waals surface area contributed by atoms with Crippen molar-refractivity contribution in [2.24, 2.45) is 5.73 Å². The van der Waals surface area contributed by atoms with Gasteiger partial charge in [-0.3, -0.25) is 9.78 Å². The summed E-state index contributed by atoms with van der Waals surface area (Å²) >= 11 is 5.43. The highest BCUT2D eigenvalue weighted by Gasteiger charge is 2.54. The molecule has 1 aliphatic rings. The Morgan fingerprint density at radius 3 is 3.09 bits per heavy atom. The van der Waals surface area contributed by atoms with Crippen LogP contribution in [0.1, 0.15) is 8.97 Å². The summed E-state index contributed by atoms with van der Waals surface area (Å²) in [6.07, 6.45) is -3.33. The lowest BCUT2D eigenvalue weighted by Crippen LogP contribution is -2.53. The van der Waals surface area contributed by atoms with Crippen LogP contribution in [0.3, 0.4) is 0 Å². The van der Waals surface area contributed by atoms with Gasteiger partial charge in [-0.05, 0) is 17.7 Å². The summed E-state index contributed by atoms with van der Waals surface area (Å²) in [5.41, 5.74) is 9.38. The van der Waals surface area contributed by atoms with Crippen molar-refractivity contribution in [3.8, 4) is 11.3 Å². The van der Waals surface area contributed by atoms with Crippen LogP contribution < -0.4 is 17.0 Å². The van der Waals surface area contributed by atoms with Gasteiger partial charge in [0, 0.05) is 11.6 Å². The van der Waals surface area contributed by atoms with Crippen molar-refractivity contribution in [1.29, 1.82) is 0 Å². The fourth-order valence-electron chi connectivity index (χ4n) is 2.59. The zero-order chi connectivity index (χ0) is 18.6. The van der Waals surface area contributed by atoms with Crippen LogP contribution in [0.2, 0.25) is 0 Å². The minimum Gasteiger partial charge on any atom is -0.394 e. The molecule has 0 spiro atoms. The number of hydrogen-bond donors (Lipinski definition) is 5. The molecule has 0 aliphatic carbocycles. The van der Waals surface area contributed by atoms with Gasteiger partial charge in [0.15, 0.2) is 17.4 Å². The third-order valence-corrected chi connectivity index (χ3v) is 3.80. The summed E-state index contributed by atoms with van der Waals surface area (Å²) < 4.78 is 21.6. The number of fused-ring (bicyclic) bond motifs is 1. The number of aliphatic hydroxyl groups excluding tert-OH is 1. The van der Waals surface area contributed by atoms with Crippen molar-refractivity contribution >= 4 is 28.6 Å². The molecule has 7 N–H and O–H groups in total. The second-order valence-electron chi connectivity index (χ2n) is 5.05. The fourth-order valence-corrected chi connectivity index (χ4v) is 2.75. The van der Waals surface area contributed by atoms with E-state index in [2.05, 4.69) is 15.9 Å². The predicted molar refractivity (Wildman–Crippen MR) is 82.3 cm³/mol. The van der Waals surface area contributed by atoms with Crippen LogP contribution in [0.25, 0.3) is 11.0 Å². The van der Waals surface area contributed by atoms with Crippen molar-refractivity contribution in [3.05, 3.63) is 22.6 Å². The van der Waals surface area contributed by atoms with Gasteiger partial charge in [-0.2, -0.15) is 4.98 Å². The Labute approximate surface area is 137 Å². The van der Waals surface area contributed by atoms with Crippen LogP contribution in [0.4, 0.5) is 5.95 Å². The number of rotatable bonds is 2. The van der Waals surface area contributed by atoms with Crippen LogP contribution in [-0.2, 0) is 4.74 Å². The number of nitrogen functional groups attached to an aromatic ring is 1. The highest BCUT2D eigenvalue weighted by atomic mass is 35.5. The minimum atomic E-state index is -2.90. The molecule has 10 heteroatoms. The number of halogens is 1. The number of hydrogen-bond acceptors (Lipinski definition) is 7. The molecule has 9 nitrogen and oxygen atoms in total. The molecule has 3 heterocycles. The standard InChI is InChI=1S/C13H14ClN5O4/c14-3-2-13(16)8(21)7(5-20)23-11(13)19-4-1-6-9(19)17-12(15)18-10(6)22/h1,4,7-8,11,20-21H,5,16H2,(H3,15,17,18,22)/t7-,8+,11-,13?/m1/s1/i5D2. The number of ether oxygens (including phenoxy) is 1. The summed E-state index contributed by atoms with van der Waals surface area (Å²) in [6, 6.07) is 1.42. The smallest absolute Gasteiger partial charge is 0.261 e. The first-order valence-corrected chi connectivity index (χ1v) is 6.81. The molecule has 0 radical (unpaired) electrons. The number of aromatic amines is 1. The maximum atomic E-state index is 11.9. The number of nitrogens with one attached hydrogen (secondary N) is 1. The molecular formula is C13H14ClN5O4.